The highest BCUT2D eigenvalue weighted by Crippen LogP contribution is 2.30. The molecule has 2 aromatic heterocycles. The fourth-order valence-corrected chi connectivity index (χ4v) is 5.23. The third-order valence-corrected chi connectivity index (χ3v) is 6.93. The van der Waals surface area contributed by atoms with Gasteiger partial charge in [0, 0.05) is 30.0 Å². The zero-order valence-electron chi connectivity index (χ0n) is 20.1. The highest BCUT2D eigenvalue weighted by molar-refractivity contribution is 8.00. The fraction of sp³-hybridized carbons (Fsp3) is 0.385. The second kappa shape index (κ2) is 10.7. The van der Waals surface area contributed by atoms with E-state index in [9.17, 15) is 4.79 Å². The van der Waals surface area contributed by atoms with Crippen molar-refractivity contribution in [3.05, 3.63) is 58.6 Å². The van der Waals surface area contributed by atoms with Gasteiger partial charge in [0.25, 0.3) is 0 Å². The number of halogens is 1. The Labute approximate surface area is 209 Å². The molecule has 8 heteroatoms. The number of hydrogen-bond donors (Lipinski definition) is 0. The maximum atomic E-state index is 13.0. The average Bonchev–Trinajstić information content (AvgIpc) is 3.10. The number of aryl methyl sites for hydroxylation is 1. The van der Waals surface area contributed by atoms with Gasteiger partial charge in [-0.05, 0) is 56.5 Å². The van der Waals surface area contributed by atoms with E-state index in [0.717, 1.165) is 59.1 Å². The molecule has 0 aliphatic carbocycles. The molecule has 0 radical (unpaired) electrons. The second-order valence-electron chi connectivity index (χ2n) is 8.59. The van der Waals surface area contributed by atoms with Crippen LogP contribution in [0.5, 0.6) is 0 Å². The van der Waals surface area contributed by atoms with Crippen LogP contribution in [0.15, 0.2) is 47.6 Å². The molecular formula is C26H30ClN5OS. The van der Waals surface area contributed by atoms with Crippen LogP contribution in [-0.2, 0) is 11.3 Å². The Bertz CT molecular complexity index is 1320. The number of benzene rings is 2. The van der Waals surface area contributed by atoms with Crippen molar-refractivity contribution in [1.82, 2.24) is 24.6 Å². The smallest absolute Gasteiger partial charge is 0.235 e. The molecule has 0 saturated heterocycles. The van der Waals surface area contributed by atoms with Crippen molar-refractivity contribution in [2.75, 3.05) is 13.1 Å². The summed E-state index contributed by atoms with van der Waals surface area (Å²) in [5, 5.41) is 10.9. The highest BCUT2D eigenvalue weighted by atomic mass is 35.5. The minimum Gasteiger partial charge on any atom is -0.342 e. The molecule has 0 fully saturated rings. The predicted molar refractivity (Wildman–Crippen MR) is 141 cm³/mol. The molecule has 4 aromatic rings. The lowest BCUT2D eigenvalue weighted by molar-refractivity contribution is -0.130. The first-order valence-electron chi connectivity index (χ1n) is 11.7. The first-order chi connectivity index (χ1) is 16.4. The quantitative estimate of drug-likeness (QED) is 0.262. The number of amides is 1. The van der Waals surface area contributed by atoms with Crippen LogP contribution in [0.4, 0.5) is 0 Å². The van der Waals surface area contributed by atoms with E-state index >= 15 is 0 Å². The minimum atomic E-state index is -0.287. The van der Waals surface area contributed by atoms with E-state index in [1.807, 2.05) is 30.0 Å². The predicted octanol–water partition coefficient (Wildman–Crippen LogP) is 6.12. The zero-order valence-corrected chi connectivity index (χ0v) is 21.7. The monoisotopic (exact) mass is 495 g/mol. The fourth-order valence-electron chi connectivity index (χ4n) is 4.22. The molecule has 0 bridgehead atoms. The van der Waals surface area contributed by atoms with Gasteiger partial charge in [0.1, 0.15) is 5.52 Å². The maximum absolute atomic E-state index is 13.0. The Morgan fingerprint density at radius 1 is 1.12 bits per heavy atom. The van der Waals surface area contributed by atoms with Crippen LogP contribution in [0.1, 0.15) is 44.7 Å². The molecule has 2 heterocycles. The van der Waals surface area contributed by atoms with E-state index in [0.29, 0.717) is 16.7 Å². The van der Waals surface area contributed by atoms with Gasteiger partial charge in [0.15, 0.2) is 5.65 Å². The standard InChI is InChI=1S/C26H30ClN5OS/c1-5-12-31(13-6-2)25(33)18(4)34-26-28-24-23(29-30-26)21-14-17(3)10-11-22(21)32(24)16-19-8-7-9-20(27)15-19/h7-11,14-15,18H,5-6,12-13,16H2,1-4H3. The van der Waals surface area contributed by atoms with Gasteiger partial charge < -0.3 is 9.47 Å². The highest BCUT2D eigenvalue weighted by Gasteiger charge is 2.23. The van der Waals surface area contributed by atoms with Crippen molar-refractivity contribution in [1.29, 1.82) is 0 Å². The Kier molecular flexibility index (Phi) is 7.73. The van der Waals surface area contributed by atoms with Crippen molar-refractivity contribution in [2.24, 2.45) is 0 Å². The lowest BCUT2D eigenvalue weighted by Gasteiger charge is -2.24. The van der Waals surface area contributed by atoms with Crippen molar-refractivity contribution in [3.63, 3.8) is 0 Å². The summed E-state index contributed by atoms with van der Waals surface area (Å²) < 4.78 is 2.15. The average molecular weight is 496 g/mol. The Morgan fingerprint density at radius 2 is 1.88 bits per heavy atom. The number of rotatable bonds is 9. The Hall–Kier alpha value is -2.64. The van der Waals surface area contributed by atoms with Gasteiger partial charge in [-0.2, -0.15) is 0 Å². The molecule has 4 rings (SSSR count). The topological polar surface area (TPSA) is 63.9 Å². The van der Waals surface area contributed by atoms with Crippen molar-refractivity contribution in [2.45, 2.75) is 57.5 Å². The van der Waals surface area contributed by atoms with Gasteiger partial charge in [0.05, 0.1) is 10.8 Å². The van der Waals surface area contributed by atoms with Crippen LogP contribution in [0, 0.1) is 6.92 Å². The van der Waals surface area contributed by atoms with Crippen LogP contribution in [-0.4, -0.2) is 48.9 Å². The molecule has 2 aromatic carbocycles. The molecule has 1 unspecified atom stereocenters. The first-order valence-corrected chi connectivity index (χ1v) is 13.0. The van der Waals surface area contributed by atoms with E-state index in [1.54, 1.807) is 0 Å². The first kappa shape index (κ1) is 24.5. The van der Waals surface area contributed by atoms with Crippen molar-refractivity contribution in [3.8, 4) is 0 Å². The summed E-state index contributed by atoms with van der Waals surface area (Å²) in [4.78, 5) is 19.8. The lowest BCUT2D eigenvalue weighted by Crippen LogP contribution is -2.37. The molecule has 0 saturated carbocycles. The summed E-state index contributed by atoms with van der Waals surface area (Å²) in [6.45, 7) is 10.3. The summed E-state index contributed by atoms with van der Waals surface area (Å²) in [6, 6.07) is 14.2. The van der Waals surface area contributed by atoms with E-state index in [1.165, 1.54) is 11.8 Å². The van der Waals surface area contributed by atoms with Crippen LogP contribution in [0.2, 0.25) is 5.02 Å². The molecule has 0 aliphatic rings. The van der Waals surface area contributed by atoms with Crippen LogP contribution < -0.4 is 0 Å². The molecule has 1 amide bonds. The Morgan fingerprint density at radius 3 is 2.59 bits per heavy atom. The summed E-state index contributed by atoms with van der Waals surface area (Å²) >= 11 is 7.60. The minimum absolute atomic E-state index is 0.118. The molecule has 0 N–H and O–H groups in total. The van der Waals surface area contributed by atoms with Gasteiger partial charge in [-0.25, -0.2) is 4.98 Å². The number of carbonyl (C=O) groups excluding carboxylic acids is 1. The number of hydrogen-bond acceptors (Lipinski definition) is 5. The van der Waals surface area contributed by atoms with E-state index in [2.05, 4.69) is 59.8 Å². The number of aromatic nitrogens is 4. The van der Waals surface area contributed by atoms with Gasteiger partial charge >= 0.3 is 0 Å². The maximum Gasteiger partial charge on any atom is 0.235 e. The molecule has 6 nitrogen and oxygen atoms in total. The SMILES string of the molecule is CCCN(CCC)C(=O)C(C)Sc1nnc2c3cc(C)ccc3n(Cc3cccc(Cl)c3)c2n1. The number of nitrogens with zero attached hydrogens (tertiary/aromatic N) is 5. The normalized spacial score (nSPS) is 12.4. The van der Waals surface area contributed by atoms with E-state index in [-0.39, 0.29) is 11.2 Å². The summed E-state index contributed by atoms with van der Waals surface area (Å²) in [5.74, 6) is 0.118. The van der Waals surface area contributed by atoms with Crippen LogP contribution >= 0.6 is 23.4 Å². The van der Waals surface area contributed by atoms with Gasteiger partial charge in [-0.15, -0.1) is 10.2 Å². The van der Waals surface area contributed by atoms with E-state index < -0.39 is 0 Å². The Balaban J connectivity index is 1.72. The number of fused-ring (bicyclic) bond motifs is 3. The second-order valence-corrected chi connectivity index (χ2v) is 10.3. The summed E-state index contributed by atoms with van der Waals surface area (Å²) in [6.07, 6.45) is 1.88. The van der Waals surface area contributed by atoms with Crippen molar-refractivity contribution >= 4 is 51.3 Å². The molecule has 1 atom stereocenters. The summed E-state index contributed by atoms with van der Waals surface area (Å²) in [7, 11) is 0. The van der Waals surface area contributed by atoms with Gasteiger partial charge in [0.2, 0.25) is 11.1 Å². The van der Waals surface area contributed by atoms with Gasteiger partial charge in [-0.3, -0.25) is 4.79 Å². The molecule has 178 valence electrons. The molecule has 0 spiro atoms. The lowest BCUT2D eigenvalue weighted by atomic mass is 10.1. The zero-order chi connectivity index (χ0) is 24.2. The summed E-state index contributed by atoms with van der Waals surface area (Å²) in [5.41, 5.74) is 4.81. The number of carbonyl (C=O) groups is 1. The molecular weight excluding hydrogens is 466 g/mol. The van der Waals surface area contributed by atoms with Crippen LogP contribution in [0.3, 0.4) is 0 Å². The van der Waals surface area contributed by atoms with Crippen LogP contribution in [0.25, 0.3) is 22.1 Å². The van der Waals surface area contributed by atoms with E-state index in [4.69, 9.17) is 16.6 Å². The third-order valence-electron chi connectivity index (χ3n) is 5.76. The van der Waals surface area contributed by atoms with Crippen molar-refractivity contribution < 1.29 is 4.79 Å². The largest absolute Gasteiger partial charge is 0.342 e. The third kappa shape index (κ3) is 5.20. The van der Waals surface area contributed by atoms with Gasteiger partial charge in [-0.1, -0.05) is 61.0 Å². The number of thioether (sulfide) groups is 1. The molecule has 0 aliphatic heterocycles. The molecule has 34 heavy (non-hydrogen) atoms.